The molecule has 0 saturated heterocycles. The van der Waals surface area contributed by atoms with Crippen molar-refractivity contribution in [2.75, 3.05) is 18.5 Å². The van der Waals surface area contributed by atoms with E-state index in [0.29, 0.717) is 10.2 Å². The van der Waals surface area contributed by atoms with Crippen LogP contribution in [0.4, 0.5) is 5.69 Å². The highest BCUT2D eigenvalue weighted by Gasteiger charge is 2.41. The summed E-state index contributed by atoms with van der Waals surface area (Å²) in [5, 5.41) is 7.56. The smallest absolute Gasteiger partial charge is 0.324 e. The van der Waals surface area contributed by atoms with Crippen LogP contribution in [0.15, 0.2) is 27.6 Å². The summed E-state index contributed by atoms with van der Waals surface area (Å²) in [7, 11) is -2.13. The number of carboxylic acids is 1. The number of benzene rings is 1. The summed E-state index contributed by atoms with van der Waals surface area (Å²) in [6, 6.07) is 4.83. The maximum absolute atomic E-state index is 12.1. The lowest BCUT2D eigenvalue weighted by Crippen LogP contribution is -2.45. The summed E-state index contributed by atoms with van der Waals surface area (Å²) in [6.07, 6.45) is 0. The van der Waals surface area contributed by atoms with E-state index >= 15 is 0 Å². The Hall–Kier alpha value is -1.08. The first-order valence-corrected chi connectivity index (χ1v) is 7.15. The molecule has 1 heterocycles. The zero-order valence-corrected chi connectivity index (χ0v) is 11.3. The molecule has 0 saturated carbocycles. The lowest BCUT2D eigenvalue weighted by Gasteiger charge is -2.31. The van der Waals surface area contributed by atoms with E-state index in [9.17, 15) is 13.2 Å². The molecule has 0 fully saturated rings. The van der Waals surface area contributed by atoms with E-state index in [2.05, 4.69) is 15.9 Å². The molecule has 7 heteroatoms. The third-order valence-corrected chi connectivity index (χ3v) is 5.26. The van der Waals surface area contributed by atoms with E-state index in [0.717, 1.165) is 0 Å². The molecule has 1 N–H and O–H groups in total. The minimum absolute atomic E-state index is 0.0354. The van der Waals surface area contributed by atoms with Crippen molar-refractivity contribution in [2.45, 2.75) is 10.1 Å². The second-order valence-corrected chi connectivity index (χ2v) is 6.88. The van der Waals surface area contributed by atoms with Gasteiger partial charge in [-0.1, -0.05) is 15.9 Å². The Morgan fingerprint density at radius 1 is 1.53 bits per heavy atom. The molecule has 0 spiro atoms. The van der Waals surface area contributed by atoms with Crippen LogP contribution in [-0.4, -0.2) is 38.3 Å². The maximum atomic E-state index is 12.1. The SMILES string of the molecule is CN1CC(C(=O)O)S(=O)(=O)c2cc(Br)ccc21. The molecular formula is C10H10BrNO4S. The van der Waals surface area contributed by atoms with Crippen LogP contribution < -0.4 is 4.90 Å². The second kappa shape index (κ2) is 3.99. The Morgan fingerprint density at radius 3 is 2.76 bits per heavy atom. The number of aliphatic carboxylic acids is 1. The van der Waals surface area contributed by atoms with Crippen LogP contribution in [0.1, 0.15) is 0 Å². The third-order valence-electron chi connectivity index (χ3n) is 2.73. The van der Waals surface area contributed by atoms with Crippen molar-refractivity contribution in [3.05, 3.63) is 22.7 Å². The molecule has 0 radical (unpaired) electrons. The maximum Gasteiger partial charge on any atom is 0.324 e. The van der Waals surface area contributed by atoms with Gasteiger partial charge in [0.15, 0.2) is 15.1 Å². The van der Waals surface area contributed by atoms with Crippen molar-refractivity contribution >= 4 is 37.4 Å². The van der Waals surface area contributed by atoms with E-state index in [1.807, 2.05) is 0 Å². The number of hydrogen-bond acceptors (Lipinski definition) is 4. The number of halogens is 1. The van der Waals surface area contributed by atoms with Gasteiger partial charge in [0.1, 0.15) is 0 Å². The summed E-state index contributed by atoms with van der Waals surface area (Å²) in [5.74, 6) is -1.32. The van der Waals surface area contributed by atoms with E-state index in [-0.39, 0.29) is 11.4 Å². The molecule has 92 valence electrons. The van der Waals surface area contributed by atoms with Gasteiger partial charge in [0.05, 0.1) is 10.6 Å². The Labute approximate surface area is 107 Å². The molecule has 0 amide bonds. The minimum atomic E-state index is -3.81. The van der Waals surface area contributed by atoms with Crippen LogP contribution in [0.25, 0.3) is 0 Å². The normalized spacial score (nSPS) is 22.0. The van der Waals surface area contributed by atoms with Crippen LogP contribution in [0, 0.1) is 0 Å². The molecule has 1 aromatic carbocycles. The molecule has 0 aromatic heterocycles. The third kappa shape index (κ3) is 1.93. The Balaban J connectivity index is 2.69. The first-order valence-electron chi connectivity index (χ1n) is 4.81. The van der Waals surface area contributed by atoms with Gasteiger partial charge in [0.2, 0.25) is 0 Å². The van der Waals surface area contributed by atoms with Crippen LogP contribution in [0.3, 0.4) is 0 Å². The first kappa shape index (κ1) is 12.4. The van der Waals surface area contributed by atoms with E-state index < -0.39 is 21.1 Å². The van der Waals surface area contributed by atoms with Crippen LogP contribution in [0.2, 0.25) is 0 Å². The number of anilines is 1. The lowest BCUT2D eigenvalue weighted by atomic mass is 10.2. The van der Waals surface area contributed by atoms with E-state index in [4.69, 9.17) is 5.11 Å². The number of carbonyl (C=O) groups is 1. The minimum Gasteiger partial charge on any atom is -0.480 e. The Kier molecular flexibility index (Phi) is 2.90. The quantitative estimate of drug-likeness (QED) is 0.839. The molecule has 1 aliphatic rings. The van der Waals surface area contributed by atoms with Crippen LogP contribution in [0.5, 0.6) is 0 Å². The van der Waals surface area contributed by atoms with Gasteiger partial charge < -0.3 is 10.0 Å². The summed E-state index contributed by atoms with van der Waals surface area (Å²) < 4.78 is 24.8. The largest absolute Gasteiger partial charge is 0.480 e. The van der Waals surface area contributed by atoms with Gasteiger partial charge in [0.25, 0.3) is 0 Å². The molecule has 2 rings (SSSR count). The van der Waals surface area contributed by atoms with Gasteiger partial charge in [-0.15, -0.1) is 0 Å². The molecule has 17 heavy (non-hydrogen) atoms. The standard InChI is InChI=1S/C10H10BrNO4S/c1-12-5-9(10(13)14)17(15,16)8-4-6(11)2-3-7(8)12/h2-4,9H,5H2,1H3,(H,13,14). The van der Waals surface area contributed by atoms with Gasteiger partial charge >= 0.3 is 5.97 Å². The molecule has 0 aliphatic carbocycles. The Morgan fingerprint density at radius 2 is 2.18 bits per heavy atom. The van der Waals surface area contributed by atoms with E-state index in [1.165, 1.54) is 6.07 Å². The first-order chi connectivity index (χ1) is 7.84. The van der Waals surface area contributed by atoms with Crippen LogP contribution in [-0.2, 0) is 14.6 Å². The van der Waals surface area contributed by atoms with Gasteiger partial charge in [-0.3, -0.25) is 4.79 Å². The highest BCUT2D eigenvalue weighted by atomic mass is 79.9. The van der Waals surface area contributed by atoms with Gasteiger partial charge in [-0.25, -0.2) is 8.42 Å². The number of carboxylic acid groups (broad SMARTS) is 1. The summed E-state index contributed by atoms with van der Waals surface area (Å²) >= 11 is 3.19. The molecule has 0 bridgehead atoms. The van der Waals surface area contributed by atoms with Crippen molar-refractivity contribution in [2.24, 2.45) is 0 Å². The summed E-state index contributed by atoms with van der Waals surface area (Å²) in [6.45, 7) is -0.0354. The number of sulfone groups is 1. The Bertz CT molecular complexity index is 584. The fraction of sp³-hybridized carbons (Fsp3) is 0.300. The molecule has 1 aromatic rings. The monoisotopic (exact) mass is 319 g/mol. The van der Waals surface area contributed by atoms with Gasteiger partial charge in [-0.05, 0) is 18.2 Å². The van der Waals surface area contributed by atoms with Crippen molar-refractivity contribution in [3.8, 4) is 0 Å². The predicted molar refractivity (Wildman–Crippen MR) is 66.0 cm³/mol. The van der Waals surface area contributed by atoms with Crippen molar-refractivity contribution in [1.82, 2.24) is 0 Å². The van der Waals surface area contributed by atoms with Gasteiger partial charge in [0, 0.05) is 18.1 Å². The van der Waals surface area contributed by atoms with Gasteiger partial charge in [-0.2, -0.15) is 0 Å². The average molecular weight is 320 g/mol. The number of hydrogen-bond donors (Lipinski definition) is 1. The van der Waals surface area contributed by atoms with Crippen LogP contribution >= 0.6 is 15.9 Å². The fourth-order valence-electron chi connectivity index (χ4n) is 1.84. The fourth-order valence-corrected chi connectivity index (χ4v) is 4.15. The zero-order chi connectivity index (χ0) is 12.8. The zero-order valence-electron chi connectivity index (χ0n) is 8.92. The summed E-state index contributed by atoms with van der Waals surface area (Å²) in [4.78, 5) is 12.7. The van der Waals surface area contributed by atoms with Crippen molar-refractivity contribution < 1.29 is 18.3 Å². The number of nitrogens with zero attached hydrogens (tertiary/aromatic N) is 1. The predicted octanol–water partition coefficient (Wildman–Crippen LogP) is 1.13. The van der Waals surface area contributed by atoms with Crippen molar-refractivity contribution in [3.63, 3.8) is 0 Å². The highest BCUT2D eigenvalue weighted by Crippen LogP contribution is 2.34. The average Bonchev–Trinajstić information content (AvgIpc) is 2.23. The molecule has 1 aliphatic heterocycles. The topological polar surface area (TPSA) is 74.7 Å². The second-order valence-electron chi connectivity index (χ2n) is 3.86. The van der Waals surface area contributed by atoms with Crippen molar-refractivity contribution in [1.29, 1.82) is 0 Å². The molecule has 1 unspecified atom stereocenters. The van der Waals surface area contributed by atoms with E-state index in [1.54, 1.807) is 24.1 Å². The molecule has 1 atom stereocenters. The number of fused-ring (bicyclic) bond motifs is 1. The number of rotatable bonds is 1. The lowest BCUT2D eigenvalue weighted by molar-refractivity contribution is -0.136. The molecule has 5 nitrogen and oxygen atoms in total. The molecular weight excluding hydrogens is 310 g/mol. The highest BCUT2D eigenvalue weighted by molar-refractivity contribution is 9.10. The summed E-state index contributed by atoms with van der Waals surface area (Å²) in [5.41, 5.74) is 0.533.